The molecule has 158 valence electrons. The standard InChI is InChI=1S/C22H22O7S/c1-14-10-21(24)29-19-13-18(28-22(25)12-16-4-3-9-30-16)15(11-17(14)19)5-6-20(23)27-8-7-26-2/h3-4,9-11,13H,5-8,12H2,1-2H3. The fourth-order valence-electron chi connectivity index (χ4n) is 2.94. The summed E-state index contributed by atoms with van der Waals surface area (Å²) in [5.74, 6) is -0.544. The van der Waals surface area contributed by atoms with Gasteiger partial charge in [-0.25, -0.2) is 4.79 Å². The number of hydrogen-bond acceptors (Lipinski definition) is 8. The van der Waals surface area contributed by atoms with Gasteiger partial charge in [0.1, 0.15) is 17.9 Å². The first-order valence-corrected chi connectivity index (χ1v) is 10.3. The van der Waals surface area contributed by atoms with Gasteiger partial charge in [0, 0.05) is 35.9 Å². The summed E-state index contributed by atoms with van der Waals surface area (Å²) in [6, 6.07) is 8.42. The number of hydrogen-bond donors (Lipinski definition) is 0. The van der Waals surface area contributed by atoms with E-state index in [-0.39, 0.29) is 31.2 Å². The van der Waals surface area contributed by atoms with Gasteiger partial charge in [0.15, 0.2) is 0 Å². The predicted molar refractivity (Wildman–Crippen MR) is 112 cm³/mol. The van der Waals surface area contributed by atoms with Crippen LogP contribution >= 0.6 is 11.3 Å². The lowest BCUT2D eigenvalue weighted by Crippen LogP contribution is -2.13. The number of thiophene rings is 1. The molecule has 0 amide bonds. The van der Waals surface area contributed by atoms with Gasteiger partial charge in [-0.1, -0.05) is 6.07 Å². The molecule has 0 fully saturated rings. The fourth-order valence-corrected chi connectivity index (χ4v) is 3.63. The lowest BCUT2D eigenvalue weighted by molar-refractivity contribution is -0.144. The van der Waals surface area contributed by atoms with Gasteiger partial charge in [-0.3, -0.25) is 9.59 Å². The Morgan fingerprint density at radius 1 is 1.13 bits per heavy atom. The topological polar surface area (TPSA) is 92.0 Å². The largest absolute Gasteiger partial charge is 0.463 e. The van der Waals surface area contributed by atoms with E-state index in [1.165, 1.54) is 30.6 Å². The Hall–Kier alpha value is -2.97. The van der Waals surface area contributed by atoms with Crippen LogP contribution in [-0.2, 0) is 31.9 Å². The first-order chi connectivity index (χ1) is 14.5. The quantitative estimate of drug-likeness (QED) is 0.222. The summed E-state index contributed by atoms with van der Waals surface area (Å²) in [6.45, 7) is 2.30. The summed E-state index contributed by atoms with van der Waals surface area (Å²) in [7, 11) is 1.53. The molecule has 0 saturated heterocycles. The number of methoxy groups -OCH3 is 1. The van der Waals surface area contributed by atoms with Crippen molar-refractivity contribution in [2.75, 3.05) is 20.3 Å². The molecule has 3 aromatic rings. The molecule has 0 atom stereocenters. The summed E-state index contributed by atoms with van der Waals surface area (Å²) >= 11 is 1.46. The fraction of sp³-hybridized carbons (Fsp3) is 0.318. The number of ether oxygens (including phenoxy) is 3. The number of aryl methyl sites for hydroxylation is 2. The highest BCUT2D eigenvalue weighted by Gasteiger charge is 2.16. The van der Waals surface area contributed by atoms with E-state index in [2.05, 4.69) is 0 Å². The minimum absolute atomic E-state index is 0.112. The Balaban J connectivity index is 1.83. The molecule has 0 aliphatic rings. The SMILES string of the molecule is COCCOC(=O)CCc1cc2c(C)cc(=O)oc2cc1OC(=O)Cc1cccs1. The Morgan fingerprint density at radius 2 is 1.97 bits per heavy atom. The number of rotatable bonds is 9. The van der Waals surface area contributed by atoms with Crippen LogP contribution in [0.5, 0.6) is 5.75 Å². The van der Waals surface area contributed by atoms with E-state index in [1.807, 2.05) is 17.5 Å². The van der Waals surface area contributed by atoms with Crippen LogP contribution in [-0.4, -0.2) is 32.3 Å². The second kappa shape index (κ2) is 10.2. The van der Waals surface area contributed by atoms with Crippen LogP contribution in [0.4, 0.5) is 0 Å². The average Bonchev–Trinajstić information content (AvgIpc) is 3.19. The maximum Gasteiger partial charge on any atom is 0.336 e. The van der Waals surface area contributed by atoms with E-state index in [4.69, 9.17) is 18.6 Å². The van der Waals surface area contributed by atoms with Crippen molar-refractivity contribution in [3.63, 3.8) is 0 Å². The average molecular weight is 430 g/mol. The normalized spacial score (nSPS) is 10.9. The third-order valence-electron chi connectivity index (χ3n) is 4.40. The number of benzene rings is 1. The molecule has 1 aromatic carbocycles. The highest BCUT2D eigenvalue weighted by molar-refractivity contribution is 7.10. The lowest BCUT2D eigenvalue weighted by atomic mass is 10.0. The van der Waals surface area contributed by atoms with Crippen molar-refractivity contribution in [2.45, 2.75) is 26.2 Å². The molecule has 0 aliphatic heterocycles. The highest BCUT2D eigenvalue weighted by atomic mass is 32.1. The Labute approximate surface area is 177 Å². The molecule has 0 bridgehead atoms. The first kappa shape index (κ1) is 21.7. The van der Waals surface area contributed by atoms with Crippen LogP contribution in [0.15, 0.2) is 44.9 Å². The molecule has 7 nitrogen and oxygen atoms in total. The Morgan fingerprint density at radius 3 is 2.70 bits per heavy atom. The third-order valence-corrected chi connectivity index (χ3v) is 5.28. The molecular weight excluding hydrogens is 408 g/mol. The van der Waals surface area contributed by atoms with E-state index in [0.717, 1.165) is 15.8 Å². The van der Waals surface area contributed by atoms with E-state index >= 15 is 0 Å². The molecule has 0 radical (unpaired) electrons. The van der Waals surface area contributed by atoms with Crippen molar-refractivity contribution in [3.05, 3.63) is 62.1 Å². The molecule has 8 heteroatoms. The van der Waals surface area contributed by atoms with Gasteiger partial charge < -0.3 is 18.6 Å². The molecule has 3 rings (SSSR count). The third kappa shape index (κ3) is 5.77. The molecule has 30 heavy (non-hydrogen) atoms. The predicted octanol–water partition coefficient (Wildman–Crippen LogP) is 3.43. The van der Waals surface area contributed by atoms with Gasteiger partial charge >= 0.3 is 17.6 Å². The maximum absolute atomic E-state index is 12.4. The molecule has 2 aromatic heterocycles. The van der Waals surface area contributed by atoms with Crippen LogP contribution in [0.25, 0.3) is 11.0 Å². The minimum atomic E-state index is -0.481. The molecule has 0 saturated carbocycles. The molecule has 0 spiro atoms. The molecule has 0 aliphatic carbocycles. The van der Waals surface area contributed by atoms with Crippen LogP contribution in [0.2, 0.25) is 0 Å². The zero-order chi connectivity index (χ0) is 21.5. The second-order valence-electron chi connectivity index (χ2n) is 6.65. The second-order valence-corrected chi connectivity index (χ2v) is 7.68. The zero-order valence-electron chi connectivity index (χ0n) is 16.8. The number of esters is 2. The summed E-state index contributed by atoms with van der Waals surface area (Å²) in [6.07, 6.45) is 0.550. The molecular formula is C22H22O7S. The van der Waals surface area contributed by atoms with Gasteiger partial charge in [0.25, 0.3) is 0 Å². The minimum Gasteiger partial charge on any atom is -0.463 e. The van der Waals surface area contributed by atoms with E-state index < -0.39 is 11.6 Å². The van der Waals surface area contributed by atoms with Gasteiger partial charge in [-0.15, -0.1) is 11.3 Å². The van der Waals surface area contributed by atoms with Gasteiger partial charge in [-0.2, -0.15) is 0 Å². The van der Waals surface area contributed by atoms with Crippen molar-refractivity contribution in [1.82, 2.24) is 0 Å². The smallest absolute Gasteiger partial charge is 0.336 e. The summed E-state index contributed by atoms with van der Waals surface area (Å²) in [5, 5.41) is 2.60. The highest BCUT2D eigenvalue weighted by Crippen LogP contribution is 2.29. The Bertz CT molecular complexity index is 1080. The van der Waals surface area contributed by atoms with Crippen molar-refractivity contribution in [2.24, 2.45) is 0 Å². The van der Waals surface area contributed by atoms with E-state index in [9.17, 15) is 14.4 Å². The van der Waals surface area contributed by atoms with E-state index in [0.29, 0.717) is 24.2 Å². The molecule has 2 heterocycles. The van der Waals surface area contributed by atoms with Gasteiger partial charge in [0.05, 0.1) is 13.0 Å². The Kier molecular flexibility index (Phi) is 7.37. The summed E-state index contributed by atoms with van der Waals surface area (Å²) < 4.78 is 20.8. The number of carbonyl (C=O) groups is 2. The molecule has 0 unspecified atom stereocenters. The first-order valence-electron chi connectivity index (χ1n) is 9.41. The van der Waals surface area contributed by atoms with Crippen LogP contribution in [0.3, 0.4) is 0 Å². The van der Waals surface area contributed by atoms with Crippen molar-refractivity contribution in [1.29, 1.82) is 0 Å². The number of carbonyl (C=O) groups excluding carboxylic acids is 2. The van der Waals surface area contributed by atoms with E-state index in [1.54, 1.807) is 13.0 Å². The van der Waals surface area contributed by atoms with Crippen LogP contribution in [0, 0.1) is 6.92 Å². The monoisotopic (exact) mass is 430 g/mol. The maximum atomic E-state index is 12.4. The van der Waals surface area contributed by atoms with Crippen molar-refractivity contribution in [3.8, 4) is 5.75 Å². The van der Waals surface area contributed by atoms with Crippen LogP contribution < -0.4 is 10.4 Å². The summed E-state index contributed by atoms with van der Waals surface area (Å²) in [4.78, 5) is 37.0. The van der Waals surface area contributed by atoms with Gasteiger partial charge in [-0.05, 0) is 42.0 Å². The van der Waals surface area contributed by atoms with Crippen LogP contribution in [0.1, 0.15) is 22.4 Å². The lowest BCUT2D eigenvalue weighted by Gasteiger charge is -2.12. The molecule has 0 N–H and O–H groups in total. The van der Waals surface area contributed by atoms with Gasteiger partial charge in [0.2, 0.25) is 0 Å². The zero-order valence-corrected chi connectivity index (χ0v) is 17.6. The van der Waals surface area contributed by atoms with Crippen molar-refractivity contribution >= 4 is 34.2 Å². The number of fused-ring (bicyclic) bond motifs is 1. The summed E-state index contributed by atoms with van der Waals surface area (Å²) in [5.41, 5.74) is 1.24. The van der Waals surface area contributed by atoms with Crippen molar-refractivity contribution < 1.29 is 28.2 Å².